The molecule has 0 radical (unpaired) electrons. The van der Waals surface area contributed by atoms with E-state index in [1.807, 2.05) is 0 Å². The first kappa shape index (κ1) is 20.0. The van der Waals surface area contributed by atoms with Gasteiger partial charge in [0.1, 0.15) is 11.0 Å². The summed E-state index contributed by atoms with van der Waals surface area (Å²) in [5, 5.41) is 9.90. The molecular formula is C19H17N5O4S2. The van der Waals surface area contributed by atoms with E-state index in [4.69, 9.17) is 0 Å². The Bertz CT molecular complexity index is 1480. The molecular weight excluding hydrogens is 426 g/mol. The SMILES string of the molecule is CS(=O)(=O)c1cccc(Nc2nc(-c3cccc(S(C)(=O)=O)c3)nc3cn[nH]c23)c1. The molecule has 0 atom stereocenters. The highest BCUT2D eigenvalue weighted by Gasteiger charge is 2.15. The zero-order valence-corrected chi connectivity index (χ0v) is 17.6. The lowest BCUT2D eigenvalue weighted by atomic mass is 10.2. The third-order valence-electron chi connectivity index (χ3n) is 4.35. The van der Waals surface area contributed by atoms with Crippen LogP contribution >= 0.6 is 0 Å². The van der Waals surface area contributed by atoms with Crippen molar-refractivity contribution in [1.29, 1.82) is 0 Å². The second-order valence-corrected chi connectivity index (χ2v) is 10.8. The van der Waals surface area contributed by atoms with Gasteiger partial charge in [0.25, 0.3) is 0 Å². The lowest BCUT2D eigenvalue weighted by molar-refractivity contribution is 0.600. The number of H-pyrrole nitrogens is 1. The molecule has 0 aliphatic rings. The maximum atomic E-state index is 11.9. The fourth-order valence-corrected chi connectivity index (χ4v) is 4.20. The van der Waals surface area contributed by atoms with Gasteiger partial charge in [0.05, 0.1) is 16.0 Å². The molecule has 0 unspecified atom stereocenters. The van der Waals surface area contributed by atoms with Crippen molar-refractivity contribution in [3.63, 3.8) is 0 Å². The minimum atomic E-state index is -3.39. The number of fused-ring (bicyclic) bond motifs is 1. The second kappa shape index (κ2) is 7.18. The molecule has 2 N–H and O–H groups in total. The highest BCUT2D eigenvalue weighted by molar-refractivity contribution is 7.91. The van der Waals surface area contributed by atoms with Crippen molar-refractivity contribution >= 4 is 42.2 Å². The third-order valence-corrected chi connectivity index (χ3v) is 6.57. The molecule has 0 spiro atoms. The topological polar surface area (TPSA) is 135 Å². The van der Waals surface area contributed by atoms with Crippen LogP contribution in [-0.4, -0.2) is 49.5 Å². The van der Waals surface area contributed by atoms with Crippen molar-refractivity contribution in [2.45, 2.75) is 9.79 Å². The van der Waals surface area contributed by atoms with E-state index >= 15 is 0 Å². The number of benzene rings is 2. The average molecular weight is 444 g/mol. The number of aromatic nitrogens is 4. The second-order valence-electron chi connectivity index (χ2n) is 6.75. The van der Waals surface area contributed by atoms with Gasteiger partial charge in [-0.3, -0.25) is 5.10 Å². The summed E-state index contributed by atoms with van der Waals surface area (Å²) in [6.45, 7) is 0. The van der Waals surface area contributed by atoms with E-state index in [9.17, 15) is 16.8 Å². The smallest absolute Gasteiger partial charge is 0.175 e. The molecule has 0 saturated heterocycles. The van der Waals surface area contributed by atoms with Crippen molar-refractivity contribution in [1.82, 2.24) is 20.2 Å². The Balaban J connectivity index is 1.82. The third kappa shape index (κ3) is 4.02. The van der Waals surface area contributed by atoms with Gasteiger partial charge >= 0.3 is 0 Å². The van der Waals surface area contributed by atoms with Crippen LogP contribution in [0.25, 0.3) is 22.4 Å². The van der Waals surface area contributed by atoms with E-state index in [-0.39, 0.29) is 9.79 Å². The molecule has 11 heteroatoms. The van der Waals surface area contributed by atoms with Crippen LogP contribution in [0, 0.1) is 0 Å². The Labute approximate surface area is 173 Å². The molecule has 30 heavy (non-hydrogen) atoms. The van der Waals surface area contributed by atoms with Gasteiger partial charge < -0.3 is 5.32 Å². The summed E-state index contributed by atoms with van der Waals surface area (Å²) >= 11 is 0. The molecule has 2 heterocycles. The van der Waals surface area contributed by atoms with Crippen molar-refractivity contribution in [2.24, 2.45) is 0 Å². The van der Waals surface area contributed by atoms with Gasteiger partial charge in [-0.05, 0) is 30.3 Å². The molecule has 2 aromatic carbocycles. The van der Waals surface area contributed by atoms with Crippen LogP contribution in [0.4, 0.5) is 11.5 Å². The van der Waals surface area contributed by atoms with Gasteiger partial charge in [0, 0.05) is 23.8 Å². The predicted molar refractivity (Wildman–Crippen MR) is 113 cm³/mol. The molecule has 0 aliphatic heterocycles. The number of anilines is 2. The minimum absolute atomic E-state index is 0.159. The van der Waals surface area contributed by atoms with Crippen LogP contribution in [0.1, 0.15) is 0 Å². The Morgan fingerprint density at radius 1 is 0.867 bits per heavy atom. The van der Waals surface area contributed by atoms with Gasteiger partial charge in [0.2, 0.25) is 0 Å². The summed E-state index contributed by atoms with van der Waals surface area (Å²) < 4.78 is 47.5. The summed E-state index contributed by atoms with van der Waals surface area (Å²) in [5.41, 5.74) is 2.09. The van der Waals surface area contributed by atoms with Gasteiger partial charge in [0.15, 0.2) is 31.3 Å². The first-order chi connectivity index (χ1) is 14.1. The largest absolute Gasteiger partial charge is 0.338 e. The van der Waals surface area contributed by atoms with Crippen LogP contribution in [-0.2, 0) is 19.7 Å². The molecule has 2 aromatic heterocycles. The van der Waals surface area contributed by atoms with E-state index in [0.717, 1.165) is 12.5 Å². The average Bonchev–Trinajstić information content (AvgIpc) is 3.16. The van der Waals surface area contributed by atoms with Crippen LogP contribution in [0.3, 0.4) is 0 Å². The van der Waals surface area contributed by atoms with Crippen molar-refractivity contribution < 1.29 is 16.8 Å². The molecule has 154 valence electrons. The molecule has 0 bridgehead atoms. The maximum absolute atomic E-state index is 11.9. The first-order valence-corrected chi connectivity index (χ1v) is 12.5. The van der Waals surface area contributed by atoms with Gasteiger partial charge in [-0.15, -0.1) is 0 Å². The number of hydrogen-bond donors (Lipinski definition) is 2. The Morgan fingerprint density at radius 3 is 2.23 bits per heavy atom. The van der Waals surface area contributed by atoms with E-state index in [1.54, 1.807) is 24.3 Å². The summed E-state index contributed by atoms with van der Waals surface area (Å²) in [5.74, 6) is 0.680. The van der Waals surface area contributed by atoms with Crippen LogP contribution in [0.15, 0.2) is 64.5 Å². The summed E-state index contributed by atoms with van der Waals surface area (Å²) in [6.07, 6.45) is 3.80. The van der Waals surface area contributed by atoms with E-state index in [2.05, 4.69) is 25.5 Å². The summed E-state index contributed by atoms with van der Waals surface area (Å²) in [6, 6.07) is 12.7. The molecule has 4 rings (SSSR count). The van der Waals surface area contributed by atoms with Gasteiger partial charge in [-0.25, -0.2) is 26.8 Å². The van der Waals surface area contributed by atoms with Crippen LogP contribution < -0.4 is 5.32 Å². The van der Waals surface area contributed by atoms with Gasteiger partial charge in [-0.1, -0.05) is 18.2 Å². The predicted octanol–water partition coefficient (Wildman–Crippen LogP) is 2.57. The normalized spacial score (nSPS) is 12.2. The number of nitrogens with zero attached hydrogens (tertiary/aromatic N) is 3. The molecule has 9 nitrogen and oxygen atoms in total. The highest BCUT2D eigenvalue weighted by atomic mass is 32.2. The van der Waals surface area contributed by atoms with Crippen molar-refractivity contribution in [3.8, 4) is 11.4 Å². The number of nitrogens with one attached hydrogen (secondary N) is 2. The quantitative estimate of drug-likeness (QED) is 0.480. The monoisotopic (exact) mass is 443 g/mol. The number of aromatic amines is 1. The van der Waals surface area contributed by atoms with Gasteiger partial charge in [-0.2, -0.15) is 5.10 Å². The van der Waals surface area contributed by atoms with Crippen LogP contribution in [0.2, 0.25) is 0 Å². The maximum Gasteiger partial charge on any atom is 0.175 e. The summed E-state index contributed by atoms with van der Waals surface area (Å²) in [4.78, 5) is 9.30. The zero-order valence-electron chi connectivity index (χ0n) is 16.0. The molecule has 0 amide bonds. The van der Waals surface area contributed by atoms with E-state index < -0.39 is 19.7 Å². The van der Waals surface area contributed by atoms with E-state index in [1.165, 1.54) is 30.5 Å². The summed E-state index contributed by atoms with van der Waals surface area (Å²) in [7, 11) is -6.76. The van der Waals surface area contributed by atoms with E-state index in [0.29, 0.717) is 33.9 Å². The van der Waals surface area contributed by atoms with Crippen molar-refractivity contribution in [3.05, 3.63) is 54.7 Å². The van der Waals surface area contributed by atoms with Crippen molar-refractivity contribution in [2.75, 3.05) is 17.8 Å². The molecule has 0 fully saturated rings. The lowest BCUT2D eigenvalue weighted by Crippen LogP contribution is -2.02. The number of rotatable bonds is 5. The lowest BCUT2D eigenvalue weighted by Gasteiger charge is -2.10. The molecule has 0 aliphatic carbocycles. The Hall–Kier alpha value is -3.31. The minimum Gasteiger partial charge on any atom is -0.338 e. The Morgan fingerprint density at radius 2 is 1.53 bits per heavy atom. The highest BCUT2D eigenvalue weighted by Crippen LogP contribution is 2.27. The fraction of sp³-hybridized carbons (Fsp3) is 0.105. The first-order valence-electron chi connectivity index (χ1n) is 8.70. The van der Waals surface area contributed by atoms with Crippen LogP contribution in [0.5, 0.6) is 0 Å². The fourth-order valence-electron chi connectivity index (χ4n) is 2.87. The standard InChI is InChI=1S/C19H17N5O4S2/c1-29(25,26)14-7-3-5-12(9-14)18-22-16-11-20-24-17(16)19(23-18)21-13-6-4-8-15(10-13)30(2,27)28/h3-11H,1-2H3,(H,20,24)(H,21,22,23). The number of hydrogen-bond acceptors (Lipinski definition) is 8. The molecule has 0 saturated carbocycles. The Kier molecular flexibility index (Phi) is 4.79. The zero-order chi connectivity index (χ0) is 21.5. The number of sulfone groups is 2. The molecule has 4 aromatic rings.